The molecule has 0 saturated heterocycles. The molecule has 1 aliphatic rings. The van der Waals surface area contributed by atoms with Crippen LogP contribution in [-0.2, 0) is 9.53 Å². The number of rotatable bonds is 5. The number of hydrogen-bond donors (Lipinski definition) is 0. The second-order valence-corrected chi connectivity index (χ2v) is 9.35. The molecule has 0 spiro atoms. The molecule has 5 nitrogen and oxygen atoms in total. The molecule has 1 unspecified atom stereocenters. The number of fused-ring (bicyclic) bond motifs is 1. The van der Waals surface area contributed by atoms with Crippen molar-refractivity contribution < 1.29 is 9.53 Å². The van der Waals surface area contributed by atoms with Crippen molar-refractivity contribution in [3.8, 4) is 0 Å². The van der Waals surface area contributed by atoms with Gasteiger partial charge in [-0.2, -0.15) is 0 Å². The summed E-state index contributed by atoms with van der Waals surface area (Å²) in [5, 5.41) is 1.94. The Morgan fingerprint density at radius 1 is 1.06 bits per heavy atom. The highest BCUT2D eigenvalue weighted by Crippen LogP contribution is 2.36. The van der Waals surface area contributed by atoms with Gasteiger partial charge in [-0.25, -0.2) is 9.79 Å². The summed E-state index contributed by atoms with van der Waals surface area (Å²) in [4.78, 5) is 33.1. The summed E-state index contributed by atoms with van der Waals surface area (Å²) in [6.07, 6.45) is 1.87. The Hall–Kier alpha value is -3.55. The molecule has 1 atom stereocenters. The van der Waals surface area contributed by atoms with Crippen LogP contribution in [0.2, 0.25) is 0 Å². The van der Waals surface area contributed by atoms with Gasteiger partial charge in [-0.05, 0) is 30.0 Å². The maximum absolute atomic E-state index is 13.6. The Morgan fingerprint density at radius 2 is 1.79 bits per heavy atom. The molecule has 3 heterocycles. The van der Waals surface area contributed by atoms with E-state index in [2.05, 4.69) is 0 Å². The molecule has 0 saturated carbocycles. The number of hydrogen-bond acceptors (Lipinski definition) is 6. The van der Waals surface area contributed by atoms with Gasteiger partial charge in [0, 0.05) is 10.4 Å². The van der Waals surface area contributed by atoms with E-state index < -0.39 is 12.0 Å². The molecule has 1 aliphatic heterocycles. The van der Waals surface area contributed by atoms with Gasteiger partial charge in [0.25, 0.3) is 5.56 Å². The van der Waals surface area contributed by atoms with Gasteiger partial charge in [0.2, 0.25) is 0 Å². The topological polar surface area (TPSA) is 60.7 Å². The molecule has 33 heavy (non-hydrogen) atoms. The standard InChI is InChI=1S/C26H20N2O3S2/c1-2-31-25(30)21-22(18-12-7-4-8-13-18)27-26-28(23(21)19-14-9-15-32-19)24(29)20(33-26)16-17-10-5-3-6-11-17/h3-16,23H,2H2,1H3/b20-16+. The lowest BCUT2D eigenvalue weighted by molar-refractivity contribution is -0.138. The Bertz CT molecular complexity index is 1500. The molecular weight excluding hydrogens is 452 g/mol. The van der Waals surface area contributed by atoms with Crippen molar-refractivity contribution in [1.82, 2.24) is 4.57 Å². The number of esters is 1. The van der Waals surface area contributed by atoms with E-state index in [-0.39, 0.29) is 12.2 Å². The summed E-state index contributed by atoms with van der Waals surface area (Å²) in [5.41, 5.74) is 2.49. The summed E-state index contributed by atoms with van der Waals surface area (Å²) >= 11 is 2.83. The van der Waals surface area contributed by atoms with Crippen molar-refractivity contribution in [2.45, 2.75) is 13.0 Å². The van der Waals surface area contributed by atoms with E-state index in [0.29, 0.717) is 20.6 Å². The minimum Gasteiger partial charge on any atom is -0.463 e. The maximum atomic E-state index is 13.6. The van der Waals surface area contributed by atoms with Crippen molar-refractivity contribution in [1.29, 1.82) is 0 Å². The van der Waals surface area contributed by atoms with E-state index in [0.717, 1.165) is 16.0 Å². The quantitative estimate of drug-likeness (QED) is 0.413. The van der Waals surface area contributed by atoms with Gasteiger partial charge in [-0.15, -0.1) is 11.3 Å². The number of thiazole rings is 1. The Kier molecular flexibility index (Phi) is 5.90. The third-order valence-electron chi connectivity index (χ3n) is 5.28. The molecule has 0 N–H and O–H groups in total. The van der Waals surface area contributed by atoms with E-state index in [1.807, 2.05) is 84.3 Å². The average molecular weight is 473 g/mol. The molecule has 0 bridgehead atoms. The molecular formula is C26H20N2O3S2. The van der Waals surface area contributed by atoms with Crippen LogP contribution in [-0.4, -0.2) is 17.1 Å². The first-order valence-electron chi connectivity index (χ1n) is 10.5. The zero-order chi connectivity index (χ0) is 22.8. The molecule has 0 radical (unpaired) electrons. The van der Waals surface area contributed by atoms with Crippen LogP contribution in [0, 0.1) is 0 Å². The highest BCUT2D eigenvalue weighted by molar-refractivity contribution is 7.10. The monoisotopic (exact) mass is 472 g/mol. The van der Waals surface area contributed by atoms with E-state index >= 15 is 0 Å². The van der Waals surface area contributed by atoms with Gasteiger partial charge in [-0.1, -0.05) is 78.1 Å². The van der Waals surface area contributed by atoms with E-state index in [9.17, 15) is 9.59 Å². The molecule has 4 aromatic rings. The second kappa shape index (κ2) is 9.13. The molecule has 2 aromatic heterocycles. The van der Waals surface area contributed by atoms with Crippen molar-refractivity contribution in [3.63, 3.8) is 0 Å². The Labute approximate surface area is 198 Å². The number of benzene rings is 2. The van der Waals surface area contributed by atoms with Crippen LogP contribution in [0.5, 0.6) is 0 Å². The van der Waals surface area contributed by atoms with E-state index in [1.54, 1.807) is 11.5 Å². The fraction of sp³-hybridized carbons (Fsp3) is 0.115. The summed E-state index contributed by atoms with van der Waals surface area (Å²) < 4.78 is 7.64. The summed E-state index contributed by atoms with van der Waals surface area (Å²) in [6, 6.07) is 22.5. The molecule has 0 aliphatic carbocycles. The minimum absolute atomic E-state index is 0.171. The van der Waals surface area contributed by atoms with Crippen LogP contribution in [0.15, 0.2) is 93.5 Å². The van der Waals surface area contributed by atoms with E-state index in [1.165, 1.54) is 22.7 Å². The fourth-order valence-corrected chi connectivity index (χ4v) is 5.68. The van der Waals surface area contributed by atoms with Gasteiger partial charge < -0.3 is 4.74 Å². The normalized spacial score (nSPS) is 15.8. The fourth-order valence-electron chi connectivity index (χ4n) is 3.86. The first-order chi connectivity index (χ1) is 16.2. The van der Waals surface area contributed by atoms with Crippen molar-refractivity contribution in [2.75, 3.05) is 6.61 Å². The van der Waals surface area contributed by atoms with Crippen LogP contribution < -0.4 is 14.9 Å². The minimum atomic E-state index is -0.603. The van der Waals surface area contributed by atoms with Crippen molar-refractivity contribution in [2.24, 2.45) is 4.99 Å². The van der Waals surface area contributed by atoms with Crippen molar-refractivity contribution in [3.05, 3.63) is 119 Å². The van der Waals surface area contributed by atoms with Gasteiger partial charge in [0.05, 0.1) is 22.4 Å². The predicted octanol–water partition coefficient (Wildman–Crippen LogP) is 4.00. The summed E-state index contributed by atoms with van der Waals surface area (Å²) in [6.45, 7) is 2.01. The highest BCUT2D eigenvalue weighted by atomic mass is 32.1. The third kappa shape index (κ3) is 4.01. The largest absolute Gasteiger partial charge is 0.463 e. The number of carbonyl (C=O) groups excluding carboxylic acids is 1. The van der Waals surface area contributed by atoms with Crippen molar-refractivity contribution >= 4 is 40.4 Å². The van der Waals surface area contributed by atoms with Crippen LogP contribution in [0.3, 0.4) is 0 Å². The number of ether oxygens (including phenoxy) is 1. The third-order valence-corrected chi connectivity index (χ3v) is 7.19. The molecule has 7 heteroatoms. The number of aromatic nitrogens is 1. The van der Waals surface area contributed by atoms with Crippen LogP contribution in [0.1, 0.15) is 29.0 Å². The van der Waals surface area contributed by atoms with Crippen LogP contribution in [0.4, 0.5) is 0 Å². The van der Waals surface area contributed by atoms with Crippen LogP contribution >= 0.6 is 22.7 Å². The first kappa shape index (κ1) is 21.3. The molecule has 0 fully saturated rings. The van der Waals surface area contributed by atoms with Gasteiger partial charge in [-0.3, -0.25) is 9.36 Å². The van der Waals surface area contributed by atoms with Gasteiger partial charge >= 0.3 is 5.97 Å². The molecule has 164 valence electrons. The molecule has 0 amide bonds. The zero-order valence-corrected chi connectivity index (χ0v) is 19.4. The van der Waals surface area contributed by atoms with Crippen LogP contribution in [0.25, 0.3) is 11.8 Å². The number of thiophene rings is 1. The predicted molar refractivity (Wildman–Crippen MR) is 132 cm³/mol. The molecule has 2 aromatic carbocycles. The average Bonchev–Trinajstić information content (AvgIpc) is 3.48. The lowest BCUT2D eigenvalue weighted by Crippen LogP contribution is -2.39. The van der Waals surface area contributed by atoms with Gasteiger partial charge in [0.15, 0.2) is 4.80 Å². The zero-order valence-electron chi connectivity index (χ0n) is 17.8. The number of carbonyl (C=O) groups is 1. The molecule has 5 rings (SSSR count). The summed E-state index contributed by atoms with van der Waals surface area (Å²) in [7, 11) is 0. The highest BCUT2D eigenvalue weighted by Gasteiger charge is 2.35. The lowest BCUT2D eigenvalue weighted by Gasteiger charge is -2.24. The first-order valence-corrected chi connectivity index (χ1v) is 12.2. The van der Waals surface area contributed by atoms with E-state index in [4.69, 9.17) is 9.73 Å². The Morgan fingerprint density at radius 3 is 2.45 bits per heavy atom. The Balaban J connectivity index is 1.82. The summed E-state index contributed by atoms with van der Waals surface area (Å²) in [5.74, 6) is -0.462. The second-order valence-electron chi connectivity index (χ2n) is 7.36. The smallest absolute Gasteiger partial charge is 0.338 e. The lowest BCUT2D eigenvalue weighted by atomic mass is 9.97. The van der Waals surface area contributed by atoms with Gasteiger partial charge in [0.1, 0.15) is 6.04 Å². The SMILES string of the molecule is CCOC(=O)C1=C(c2ccccc2)N=c2s/c(=C/c3ccccc3)c(=O)n2C1c1cccs1. The number of nitrogens with zero attached hydrogens (tertiary/aromatic N) is 2. The maximum Gasteiger partial charge on any atom is 0.338 e.